The highest BCUT2D eigenvalue weighted by Crippen LogP contribution is 2.29. The summed E-state index contributed by atoms with van der Waals surface area (Å²) in [5.41, 5.74) is 2.25. The highest BCUT2D eigenvalue weighted by molar-refractivity contribution is 5.97. The van der Waals surface area contributed by atoms with E-state index in [-0.39, 0.29) is 17.5 Å². The van der Waals surface area contributed by atoms with Crippen molar-refractivity contribution in [2.75, 3.05) is 0 Å². The molecule has 0 saturated heterocycles. The SMILES string of the molecule is CC(C)(C)c1ccc(Oc2ccc3cc(C(=O)NC(CC(=O)O)c4ccccc4)ncc3c2)cc1. The molecule has 4 rings (SSSR count). The van der Waals surface area contributed by atoms with Crippen LogP contribution in [-0.2, 0) is 10.2 Å². The van der Waals surface area contributed by atoms with E-state index in [9.17, 15) is 14.7 Å². The van der Waals surface area contributed by atoms with Crippen molar-refractivity contribution in [2.45, 2.75) is 38.6 Å². The van der Waals surface area contributed by atoms with Crippen LogP contribution in [0.2, 0.25) is 0 Å². The highest BCUT2D eigenvalue weighted by atomic mass is 16.5. The average Bonchev–Trinajstić information content (AvgIpc) is 2.83. The van der Waals surface area contributed by atoms with Crippen molar-refractivity contribution in [3.05, 3.63) is 102 Å². The zero-order valence-corrected chi connectivity index (χ0v) is 20.0. The molecule has 1 atom stereocenters. The molecule has 4 aromatic rings. The van der Waals surface area contributed by atoms with Gasteiger partial charge in [-0.2, -0.15) is 0 Å². The van der Waals surface area contributed by atoms with Crippen LogP contribution in [0.3, 0.4) is 0 Å². The number of rotatable bonds is 7. The van der Waals surface area contributed by atoms with Crippen LogP contribution in [0.15, 0.2) is 85.1 Å². The molecule has 0 saturated carbocycles. The van der Waals surface area contributed by atoms with Crippen molar-refractivity contribution in [3.8, 4) is 11.5 Å². The third-order valence-electron chi connectivity index (χ3n) is 5.77. The van der Waals surface area contributed by atoms with Gasteiger partial charge in [0, 0.05) is 11.6 Å². The topological polar surface area (TPSA) is 88.5 Å². The van der Waals surface area contributed by atoms with E-state index in [2.05, 4.69) is 43.2 Å². The Morgan fingerprint density at radius 2 is 1.60 bits per heavy atom. The number of fused-ring (bicyclic) bond motifs is 1. The quantitative estimate of drug-likeness (QED) is 0.334. The van der Waals surface area contributed by atoms with Gasteiger partial charge in [0.15, 0.2) is 0 Å². The third-order valence-corrected chi connectivity index (χ3v) is 5.77. The van der Waals surface area contributed by atoms with E-state index in [1.54, 1.807) is 24.4 Å². The van der Waals surface area contributed by atoms with Crippen LogP contribution in [-0.4, -0.2) is 22.0 Å². The fraction of sp³-hybridized carbons (Fsp3) is 0.207. The molecule has 0 aliphatic heterocycles. The van der Waals surface area contributed by atoms with Crippen LogP contribution in [0.4, 0.5) is 0 Å². The lowest BCUT2D eigenvalue weighted by Crippen LogP contribution is -2.30. The molecule has 6 nitrogen and oxygen atoms in total. The van der Waals surface area contributed by atoms with Gasteiger partial charge >= 0.3 is 5.97 Å². The Kier molecular flexibility index (Phi) is 6.82. The van der Waals surface area contributed by atoms with Crippen LogP contribution in [0.25, 0.3) is 10.8 Å². The molecular weight excluding hydrogens is 440 g/mol. The summed E-state index contributed by atoms with van der Waals surface area (Å²) < 4.78 is 6.01. The molecule has 0 radical (unpaired) electrons. The van der Waals surface area contributed by atoms with Gasteiger partial charge in [-0.05, 0) is 52.3 Å². The van der Waals surface area contributed by atoms with Gasteiger partial charge in [-0.1, -0.05) is 69.3 Å². The third kappa shape index (κ3) is 6.03. The fourth-order valence-corrected chi connectivity index (χ4v) is 3.81. The number of aliphatic carboxylic acids is 1. The number of carboxylic acids is 1. The Balaban J connectivity index is 1.50. The van der Waals surface area contributed by atoms with Crippen LogP contribution in [0.1, 0.15) is 54.8 Å². The lowest BCUT2D eigenvalue weighted by molar-refractivity contribution is -0.137. The molecule has 1 heterocycles. The Hall–Kier alpha value is -4.19. The molecule has 0 spiro atoms. The van der Waals surface area contributed by atoms with Crippen molar-refractivity contribution in [2.24, 2.45) is 0 Å². The number of nitrogens with zero attached hydrogens (tertiary/aromatic N) is 1. The van der Waals surface area contributed by atoms with E-state index in [1.165, 1.54) is 5.56 Å². The first-order valence-electron chi connectivity index (χ1n) is 11.4. The molecule has 0 bridgehead atoms. The first kappa shape index (κ1) is 24.0. The summed E-state index contributed by atoms with van der Waals surface area (Å²) in [6.45, 7) is 6.51. The summed E-state index contributed by atoms with van der Waals surface area (Å²) in [7, 11) is 0. The number of nitrogens with one attached hydrogen (secondary N) is 1. The number of hydrogen-bond donors (Lipinski definition) is 2. The molecule has 3 aromatic carbocycles. The first-order valence-corrected chi connectivity index (χ1v) is 11.4. The van der Waals surface area contributed by atoms with Gasteiger partial charge in [0.25, 0.3) is 5.91 Å². The number of amides is 1. The molecule has 6 heteroatoms. The summed E-state index contributed by atoms with van der Waals surface area (Å²) in [6.07, 6.45) is 1.40. The van der Waals surface area contributed by atoms with E-state index in [0.29, 0.717) is 5.75 Å². The second-order valence-electron chi connectivity index (χ2n) is 9.49. The normalized spacial score (nSPS) is 12.2. The van der Waals surface area contributed by atoms with E-state index in [4.69, 9.17) is 4.74 Å². The van der Waals surface area contributed by atoms with Crippen molar-refractivity contribution in [1.29, 1.82) is 0 Å². The van der Waals surface area contributed by atoms with E-state index >= 15 is 0 Å². The molecule has 178 valence electrons. The maximum Gasteiger partial charge on any atom is 0.305 e. The molecule has 2 N–H and O–H groups in total. The monoisotopic (exact) mass is 468 g/mol. The smallest absolute Gasteiger partial charge is 0.305 e. The zero-order chi connectivity index (χ0) is 25.0. The summed E-state index contributed by atoms with van der Waals surface area (Å²) in [5, 5.41) is 13.7. The molecule has 1 aromatic heterocycles. The molecule has 0 fully saturated rings. The maximum absolute atomic E-state index is 12.9. The van der Waals surface area contributed by atoms with Gasteiger partial charge in [-0.3, -0.25) is 14.6 Å². The van der Waals surface area contributed by atoms with Crippen LogP contribution in [0, 0.1) is 0 Å². The van der Waals surface area contributed by atoms with Gasteiger partial charge < -0.3 is 15.2 Å². The summed E-state index contributed by atoms with van der Waals surface area (Å²) in [5.74, 6) is -0.00947. The number of aromatic nitrogens is 1. The summed E-state index contributed by atoms with van der Waals surface area (Å²) >= 11 is 0. The minimum atomic E-state index is -0.994. The number of benzene rings is 3. The summed E-state index contributed by atoms with van der Waals surface area (Å²) in [6, 6.07) is 23.7. The fourth-order valence-electron chi connectivity index (χ4n) is 3.81. The molecule has 35 heavy (non-hydrogen) atoms. The van der Waals surface area contributed by atoms with E-state index in [0.717, 1.165) is 22.1 Å². The average molecular weight is 469 g/mol. The molecule has 0 aliphatic rings. The van der Waals surface area contributed by atoms with E-state index in [1.807, 2.05) is 48.5 Å². The van der Waals surface area contributed by atoms with Crippen molar-refractivity contribution >= 4 is 22.6 Å². The zero-order valence-electron chi connectivity index (χ0n) is 20.0. The van der Waals surface area contributed by atoms with Gasteiger partial charge in [-0.15, -0.1) is 0 Å². The van der Waals surface area contributed by atoms with Gasteiger partial charge in [0.2, 0.25) is 0 Å². The number of carbonyl (C=O) groups is 2. The number of pyridine rings is 1. The van der Waals surface area contributed by atoms with Crippen molar-refractivity contribution in [3.63, 3.8) is 0 Å². The van der Waals surface area contributed by atoms with Crippen molar-refractivity contribution in [1.82, 2.24) is 10.3 Å². The molecule has 1 amide bonds. The van der Waals surface area contributed by atoms with Crippen LogP contribution < -0.4 is 10.1 Å². The standard InChI is InChI=1S/C29H28N2O4/c1-29(2,3)22-10-13-23(14-11-22)35-24-12-9-20-16-26(30-18-21(20)15-24)28(34)31-25(17-27(32)33)19-7-5-4-6-8-19/h4-16,18,25H,17H2,1-3H3,(H,31,34)(H,32,33). The second kappa shape index (κ2) is 9.97. The minimum absolute atomic E-state index is 0.0753. The Bertz CT molecular complexity index is 1340. The van der Waals surface area contributed by atoms with E-state index < -0.39 is 17.9 Å². The molecular formula is C29H28N2O4. The Morgan fingerprint density at radius 3 is 2.26 bits per heavy atom. The second-order valence-corrected chi connectivity index (χ2v) is 9.49. The van der Waals surface area contributed by atoms with Gasteiger partial charge in [0.1, 0.15) is 17.2 Å². The predicted octanol–water partition coefficient (Wildman–Crippen LogP) is 6.27. The summed E-state index contributed by atoms with van der Waals surface area (Å²) in [4.78, 5) is 28.5. The number of ether oxygens (including phenoxy) is 1. The number of carbonyl (C=O) groups excluding carboxylic acids is 1. The molecule has 1 unspecified atom stereocenters. The predicted molar refractivity (Wildman–Crippen MR) is 136 cm³/mol. The Labute approximate surface area is 204 Å². The lowest BCUT2D eigenvalue weighted by atomic mass is 9.87. The first-order chi connectivity index (χ1) is 16.7. The van der Waals surface area contributed by atoms with Crippen LogP contribution >= 0.6 is 0 Å². The Morgan fingerprint density at radius 1 is 0.914 bits per heavy atom. The lowest BCUT2D eigenvalue weighted by Gasteiger charge is -2.19. The molecule has 0 aliphatic carbocycles. The highest BCUT2D eigenvalue weighted by Gasteiger charge is 2.20. The van der Waals surface area contributed by atoms with Crippen LogP contribution in [0.5, 0.6) is 11.5 Å². The van der Waals surface area contributed by atoms with Gasteiger partial charge in [0.05, 0.1) is 12.5 Å². The largest absolute Gasteiger partial charge is 0.481 e. The maximum atomic E-state index is 12.9. The minimum Gasteiger partial charge on any atom is -0.481 e. The van der Waals surface area contributed by atoms with Crippen molar-refractivity contribution < 1.29 is 19.4 Å². The van der Waals surface area contributed by atoms with Gasteiger partial charge in [-0.25, -0.2) is 0 Å². The number of hydrogen-bond acceptors (Lipinski definition) is 4. The number of carboxylic acid groups (broad SMARTS) is 1.